The number of sulfonamides is 1. The van der Waals surface area contributed by atoms with E-state index in [1.165, 1.54) is 23.5 Å². The Hall–Kier alpha value is -2.13. The summed E-state index contributed by atoms with van der Waals surface area (Å²) in [5.41, 5.74) is 0. The van der Waals surface area contributed by atoms with E-state index in [-0.39, 0.29) is 29.8 Å². The molecule has 1 N–H and O–H groups in total. The number of likely N-dealkylation sites (tertiary alicyclic amines) is 1. The Labute approximate surface area is 172 Å². The Kier molecular flexibility index (Phi) is 7.13. The van der Waals surface area contributed by atoms with Gasteiger partial charge in [0.2, 0.25) is 21.8 Å². The predicted molar refractivity (Wildman–Crippen MR) is 108 cm³/mol. The summed E-state index contributed by atoms with van der Waals surface area (Å²) >= 11 is 0. The van der Waals surface area contributed by atoms with Crippen molar-refractivity contribution < 1.29 is 22.7 Å². The van der Waals surface area contributed by atoms with Gasteiger partial charge in [0.15, 0.2) is 0 Å². The number of methoxy groups -OCH3 is 1. The fraction of sp³-hybridized carbons (Fsp3) is 0.600. The number of hydrogen-bond acceptors (Lipinski definition) is 5. The smallest absolute Gasteiger partial charge is 0.243 e. The average Bonchev–Trinajstić information content (AvgIpc) is 2.78. The number of ether oxygens (including phenoxy) is 1. The van der Waals surface area contributed by atoms with Gasteiger partial charge in [-0.05, 0) is 56.4 Å². The van der Waals surface area contributed by atoms with Gasteiger partial charge in [-0.25, -0.2) is 8.42 Å². The largest absolute Gasteiger partial charge is 0.497 e. The molecule has 8 nitrogen and oxygen atoms in total. The third-order valence-electron chi connectivity index (χ3n) is 5.57. The van der Waals surface area contributed by atoms with E-state index < -0.39 is 15.9 Å². The summed E-state index contributed by atoms with van der Waals surface area (Å²) in [7, 11) is -2.16. The van der Waals surface area contributed by atoms with Crippen molar-refractivity contribution in [2.24, 2.45) is 5.92 Å². The second-order valence-corrected chi connectivity index (χ2v) is 9.47. The van der Waals surface area contributed by atoms with E-state index in [1.54, 1.807) is 17.0 Å². The molecule has 2 heterocycles. The van der Waals surface area contributed by atoms with E-state index in [0.717, 1.165) is 32.4 Å². The monoisotopic (exact) mass is 423 g/mol. The van der Waals surface area contributed by atoms with Crippen molar-refractivity contribution in [1.29, 1.82) is 0 Å². The van der Waals surface area contributed by atoms with Crippen LogP contribution in [0, 0.1) is 5.92 Å². The highest BCUT2D eigenvalue weighted by atomic mass is 32.2. The van der Waals surface area contributed by atoms with E-state index in [1.807, 2.05) is 0 Å². The molecule has 0 bridgehead atoms. The van der Waals surface area contributed by atoms with Gasteiger partial charge >= 0.3 is 0 Å². The first kappa shape index (κ1) is 21.6. The van der Waals surface area contributed by atoms with Gasteiger partial charge in [0.1, 0.15) is 5.75 Å². The minimum Gasteiger partial charge on any atom is -0.497 e. The van der Waals surface area contributed by atoms with E-state index >= 15 is 0 Å². The Balaban J connectivity index is 1.57. The molecule has 0 unspecified atom stereocenters. The highest BCUT2D eigenvalue weighted by molar-refractivity contribution is 7.89. The molecule has 0 radical (unpaired) electrons. The first-order chi connectivity index (χ1) is 13.9. The third kappa shape index (κ3) is 5.27. The number of nitrogens with zero attached hydrogens (tertiary/aromatic N) is 2. The van der Waals surface area contributed by atoms with Gasteiger partial charge in [0.05, 0.1) is 24.5 Å². The van der Waals surface area contributed by atoms with Crippen LogP contribution in [-0.2, 0) is 19.6 Å². The van der Waals surface area contributed by atoms with Crippen molar-refractivity contribution in [3.63, 3.8) is 0 Å². The number of hydrogen-bond donors (Lipinski definition) is 1. The summed E-state index contributed by atoms with van der Waals surface area (Å²) < 4.78 is 32.3. The van der Waals surface area contributed by atoms with E-state index in [4.69, 9.17) is 4.74 Å². The number of carbonyl (C=O) groups is 2. The standard InChI is InChI=1S/C20H29N3O5S/c1-28-17-7-9-18(10-8-17)29(26,27)23-13-5-6-16(15-23)20(25)21-14-19(24)22-11-3-2-4-12-22/h7-10,16H,2-6,11-15H2,1H3,(H,21,25)/t16-/m0/s1. The van der Waals surface area contributed by atoms with Crippen LogP contribution in [0.15, 0.2) is 29.2 Å². The van der Waals surface area contributed by atoms with Crippen molar-refractivity contribution >= 4 is 21.8 Å². The zero-order valence-electron chi connectivity index (χ0n) is 16.8. The molecule has 2 aliphatic rings. The summed E-state index contributed by atoms with van der Waals surface area (Å²) in [4.78, 5) is 26.8. The first-order valence-corrected chi connectivity index (χ1v) is 11.6. The van der Waals surface area contributed by atoms with Crippen LogP contribution in [0.25, 0.3) is 0 Å². The zero-order valence-corrected chi connectivity index (χ0v) is 17.6. The Bertz CT molecular complexity index is 819. The van der Waals surface area contributed by atoms with Gasteiger partial charge in [0.25, 0.3) is 0 Å². The molecule has 1 atom stereocenters. The molecule has 0 saturated carbocycles. The fourth-order valence-corrected chi connectivity index (χ4v) is 5.36. The quantitative estimate of drug-likeness (QED) is 0.742. The second-order valence-electron chi connectivity index (χ2n) is 7.54. The molecule has 160 valence electrons. The van der Waals surface area contributed by atoms with Gasteiger partial charge < -0.3 is 15.0 Å². The molecule has 0 spiro atoms. The van der Waals surface area contributed by atoms with Crippen molar-refractivity contribution in [1.82, 2.24) is 14.5 Å². The van der Waals surface area contributed by atoms with Gasteiger partial charge in [-0.2, -0.15) is 4.31 Å². The first-order valence-electron chi connectivity index (χ1n) is 10.1. The number of rotatable bonds is 6. The molecule has 3 rings (SSSR count). The van der Waals surface area contributed by atoms with E-state index in [9.17, 15) is 18.0 Å². The molecule has 29 heavy (non-hydrogen) atoms. The lowest BCUT2D eigenvalue weighted by Crippen LogP contribution is -2.48. The summed E-state index contributed by atoms with van der Waals surface area (Å²) in [5, 5.41) is 2.71. The molecule has 0 aliphatic carbocycles. The third-order valence-corrected chi connectivity index (χ3v) is 7.45. The van der Waals surface area contributed by atoms with Crippen LogP contribution >= 0.6 is 0 Å². The summed E-state index contributed by atoms with van der Waals surface area (Å²) in [6.45, 7) is 1.96. The van der Waals surface area contributed by atoms with Crippen LogP contribution in [0.1, 0.15) is 32.1 Å². The summed E-state index contributed by atoms with van der Waals surface area (Å²) in [5.74, 6) is -0.203. The normalized spacial score (nSPS) is 20.9. The SMILES string of the molecule is COc1ccc(S(=O)(=O)N2CCC[C@H](C(=O)NCC(=O)N3CCCCC3)C2)cc1. The minimum atomic E-state index is -3.68. The highest BCUT2D eigenvalue weighted by Crippen LogP contribution is 2.25. The van der Waals surface area contributed by atoms with Crippen LogP contribution in [0.5, 0.6) is 5.75 Å². The molecule has 2 fully saturated rings. The van der Waals surface area contributed by atoms with Gasteiger partial charge in [0, 0.05) is 26.2 Å². The maximum absolute atomic E-state index is 12.9. The van der Waals surface area contributed by atoms with Gasteiger partial charge in [-0.1, -0.05) is 0 Å². The van der Waals surface area contributed by atoms with E-state index in [2.05, 4.69) is 5.32 Å². The second kappa shape index (κ2) is 9.58. The topological polar surface area (TPSA) is 96.0 Å². The number of amides is 2. The predicted octanol–water partition coefficient (Wildman–Crippen LogP) is 1.22. The minimum absolute atomic E-state index is 0.0272. The van der Waals surface area contributed by atoms with E-state index in [0.29, 0.717) is 25.1 Å². The molecule has 2 saturated heterocycles. The van der Waals surface area contributed by atoms with Crippen molar-refractivity contribution in [3.05, 3.63) is 24.3 Å². The van der Waals surface area contributed by atoms with Crippen molar-refractivity contribution in [2.45, 2.75) is 37.0 Å². The molecular weight excluding hydrogens is 394 g/mol. The highest BCUT2D eigenvalue weighted by Gasteiger charge is 2.33. The number of piperidine rings is 2. The number of nitrogens with one attached hydrogen (secondary N) is 1. The van der Waals surface area contributed by atoms with Gasteiger partial charge in [-0.3, -0.25) is 9.59 Å². The lowest BCUT2D eigenvalue weighted by molar-refractivity contribution is -0.134. The zero-order chi connectivity index (χ0) is 20.9. The molecular formula is C20H29N3O5S. The molecule has 2 aliphatic heterocycles. The molecule has 1 aromatic carbocycles. The van der Waals surface area contributed by atoms with Gasteiger partial charge in [-0.15, -0.1) is 0 Å². The Morgan fingerprint density at radius 3 is 2.41 bits per heavy atom. The Morgan fingerprint density at radius 2 is 1.76 bits per heavy atom. The lowest BCUT2D eigenvalue weighted by Gasteiger charge is -2.31. The Morgan fingerprint density at radius 1 is 1.07 bits per heavy atom. The van der Waals surface area contributed by atoms with Crippen LogP contribution in [0.4, 0.5) is 0 Å². The maximum Gasteiger partial charge on any atom is 0.243 e. The number of benzene rings is 1. The maximum atomic E-state index is 12.9. The summed E-state index contributed by atoms with van der Waals surface area (Å²) in [6.07, 6.45) is 4.35. The number of carbonyl (C=O) groups excluding carboxylic acids is 2. The molecule has 9 heteroatoms. The summed E-state index contributed by atoms with van der Waals surface area (Å²) in [6, 6.07) is 6.23. The molecule has 1 aromatic rings. The molecule has 0 aromatic heterocycles. The van der Waals surface area contributed by atoms with Crippen LogP contribution in [0.2, 0.25) is 0 Å². The lowest BCUT2D eigenvalue weighted by atomic mass is 9.99. The van der Waals surface area contributed by atoms with Crippen molar-refractivity contribution in [2.75, 3.05) is 39.8 Å². The van der Waals surface area contributed by atoms with Crippen LogP contribution in [0.3, 0.4) is 0 Å². The fourth-order valence-electron chi connectivity index (χ4n) is 3.83. The van der Waals surface area contributed by atoms with Crippen LogP contribution in [-0.4, -0.2) is 69.3 Å². The average molecular weight is 424 g/mol. The van der Waals surface area contributed by atoms with Crippen molar-refractivity contribution in [3.8, 4) is 5.75 Å². The van der Waals surface area contributed by atoms with Crippen LogP contribution < -0.4 is 10.1 Å². The molecule has 2 amide bonds.